The van der Waals surface area contributed by atoms with Gasteiger partial charge in [0.2, 0.25) is 0 Å². The van der Waals surface area contributed by atoms with E-state index in [0.717, 1.165) is 15.3 Å². The Morgan fingerprint density at radius 2 is 1.76 bits per heavy atom. The van der Waals surface area contributed by atoms with Crippen LogP contribution in [0.5, 0.6) is 0 Å². The van der Waals surface area contributed by atoms with Gasteiger partial charge in [-0.15, -0.1) is 4.09 Å². The van der Waals surface area contributed by atoms with Gasteiger partial charge in [-0.05, 0) is 26.3 Å². The zero-order chi connectivity index (χ0) is 12.6. The summed E-state index contributed by atoms with van der Waals surface area (Å²) in [6, 6.07) is 0. The minimum Gasteiger partial charge on any atom is -0.379 e. The van der Waals surface area contributed by atoms with Crippen LogP contribution in [-0.4, -0.2) is 48.2 Å². The number of hydrogen-bond donors (Lipinski definition) is 0. The van der Waals surface area contributed by atoms with Crippen molar-refractivity contribution >= 4 is 10.2 Å². The summed E-state index contributed by atoms with van der Waals surface area (Å²) in [6.45, 7) is 7.12. The van der Waals surface area contributed by atoms with E-state index in [1.54, 1.807) is 6.92 Å². The van der Waals surface area contributed by atoms with E-state index in [1.165, 1.54) is 4.31 Å². The summed E-state index contributed by atoms with van der Waals surface area (Å²) in [4.78, 5) is 0. The Balaban J connectivity index is 2.40. The van der Waals surface area contributed by atoms with Crippen LogP contribution in [0.1, 0.15) is 17.0 Å². The zero-order valence-corrected chi connectivity index (χ0v) is 11.1. The van der Waals surface area contributed by atoms with Crippen LogP contribution in [0.2, 0.25) is 0 Å². The second kappa shape index (κ2) is 4.40. The molecule has 0 aliphatic carbocycles. The van der Waals surface area contributed by atoms with Crippen LogP contribution >= 0.6 is 0 Å². The third-order valence-electron chi connectivity index (χ3n) is 3.13. The van der Waals surface area contributed by atoms with Gasteiger partial charge in [-0.3, -0.25) is 0 Å². The first kappa shape index (κ1) is 12.5. The quantitative estimate of drug-likeness (QED) is 0.763. The second-order valence-corrected chi connectivity index (χ2v) is 5.92. The Morgan fingerprint density at radius 3 is 2.24 bits per heavy atom. The van der Waals surface area contributed by atoms with Gasteiger partial charge in [0.15, 0.2) is 0 Å². The predicted molar refractivity (Wildman–Crippen MR) is 63.1 cm³/mol. The third kappa shape index (κ3) is 2.10. The van der Waals surface area contributed by atoms with Crippen LogP contribution in [0.15, 0.2) is 0 Å². The molecule has 1 saturated heterocycles. The van der Waals surface area contributed by atoms with Crippen LogP contribution in [0, 0.1) is 20.8 Å². The minimum atomic E-state index is -3.54. The number of nitrogens with zero attached hydrogens (tertiary/aromatic N) is 3. The van der Waals surface area contributed by atoms with Crippen molar-refractivity contribution in [2.45, 2.75) is 20.8 Å². The topological polar surface area (TPSA) is 64.4 Å². The molecule has 0 amide bonds. The van der Waals surface area contributed by atoms with Crippen molar-refractivity contribution in [3.8, 4) is 0 Å². The molecule has 0 saturated carbocycles. The number of hydrogen-bond acceptors (Lipinski definition) is 4. The average Bonchev–Trinajstić information content (AvgIpc) is 2.59. The number of rotatable bonds is 2. The fourth-order valence-electron chi connectivity index (χ4n) is 1.80. The van der Waals surface area contributed by atoms with E-state index >= 15 is 0 Å². The highest BCUT2D eigenvalue weighted by molar-refractivity contribution is 7.87. The Labute approximate surface area is 101 Å². The van der Waals surface area contributed by atoms with E-state index in [0.29, 0.717) is 32.0 Å². The van der Waals surface area contributed by atoms with Gasteiger partial charge in [0.25, 0.3) is 0 Å². The van der Waals surface area contributed by atoms with Gasteiger partial charge < -0.3 is 4.74 Å². The van der Waals surface area contributed by atoms with Crippen LogP contribution < -0.4 is 0 Å². The number of aromatic nitrogens is 2. The molecule has 0 atom stereocenters. The molecular weight excluding hydrogens is 242 g/mol. The third-order valence-corrected chi connectivity index (χ3v) is 4.94. The molecule has 6 nitrogen and oxygen atoms in total. The molecule has 0 unspecified atom stereocenters. The van der Waals surface area contributed by atoms with Crippen LogP contribution in [-0.2, 0) is 14.9 Å². The molecule has 0 bridgehead atoms. The first-order chi connectivity index (χ1) is 7.94. The summed E-state index contributed by atoms with van der Waals surface area (Å²) in [5, 5.41) is 4.10. The van der Waals surface area contributed by atoms with Gasteiger partial charge in [0.1, 0.15) is 0 Å². The van der Waals surface area contributed by atoms with E-state index in [1.807, 2.05) is 13.8 Å². The maximum Gasteiger partial charge on any atom is 0.323 e. The molecule has 1 aromatic rings. The summed E-state index contributed by atoms with van der Waals surface area (Å²) in [6.07, 6.45) is 0. The average molecular weight is 259 g/mol. The molecule has 1 aliphatic heterocycles. The summed E-state index contributed by atoms with van der Waals surface area (Å²) in [5.41, 5.74) is 2.34. The van der Waals surface area contributed by atoms with Crippen LogP contribution in [0.3, 0.4) is 0 Å². The normalized spacial score (nSPS) is 18.5. The Bertz CT molecular complexity index is 515. The van der Waals surface area contributed by atoms with Crippen molar-refractivity contribution < 1.29 is 13.2 Å². The molecule has 0 aromatic carbocycles. The number of ether oxygens (including phenoxy) is 1. The largest absolute Gasteiger partial charge is 0.379 e. The highest BCUT2D eigenvalue weighted by atomic mass is 32.2. The maximum absolute atomic E-state index is 12.3. The summed E-state index contributed by atoms with van der Waals surface area (Å²) in [5.74, 6) is 0. The molecular formula is C10H17N3O3S. The molecule has 0 radical (unpaired) electrons. The van der Waals surface area contributed by atoms with Crippen molar-refractivity contribution in [2.24, 2.45) is 0 Å². The molecule has 2 rings (SSSR count). The van der Waals surface area contributed by atoms with Gasteiger partial charge in [-0.25, -0.2) is 0 Å². The summed E-state index contributed by atoms with van der Waals surface area (Å²) >= 11 is 0. The highest BCUT2D eigenvalue weighted by Crippen LogP contribution is 2.16. The fraction of sp³-hybridized carbons (Fsp3) is 0.700. The zero-order valence-electron chi connectivity index (χ0n) is 10.3. The van der Waals surface area contributed by atoms with Crippen molar-refractivity contribution in [1.29, 1.82) is 0 Å². The van der Waals surface area contributed by atoms with Crippen molar-refractivity contribution in [3.63, 3.8) is 0 Å². The van der Waals surface area contributed by atoms with Gasteiger partial charge in [-0.2, -0.15) is 17.8 Å². The molecule has 1 aromatic heterocycles. The van der Waals surface area contributed by atoms with E-state index < -0.39 is 10.2 Å². The van der Waals surface area contributed by atoms with E-state index in [4.69, 9.17) is 4.74 Å². The standard InChI is InChI=1S/C10H17N3O3S/c1-8-9(2)11-13(10(8)3)17(14,15)12-4-6-16-7-5-12/h4-7H2,1-3H3. The summed E-state index contributed by atoms with van der Waals surface area (Å²) < 4.78 is 32.4. The molecule has 17 heavy (non-hydrogen) atoms. The van der Waals surface area contributed by atoms with Gasteiger partial charge in [0.05, 0.1) is 24.6 Å². The lowest BCUT2D eigenvalue weighted by Crippen LogP contribution is -2.44. The SMILES string of the molecule is Cc1nn(S(=O)(=O)N2CCOCC2)c(C)c1C. The minimum absolute atomic E-state index is 0.389. The first-order valence-corrected chi connectivity index (χ1v) is 6.95. The highest BCUT2D eigenvalue weighted by Gasteiger charge is 2.28. The number of morpholine rings is 1. The lowest BCUT2D eigenvalue weighted by atomic mass is 10.2. The monoisotopic (exact) mass is 259 g/mol. The van der Waals surface area contributed by atoms with Crippen molar-refractivity contribution in [2.75, 3.05) is 26.3 Å². The lowest BCUT2D eigenvalue weighted by Gasteiger charge is -2.26. The molecule has 7 heteroatoms. The Morgan fingerprint density at radius 1 is 1.18 bits per heavy atom. The van der Waals surface area contributed by atoms with Crippen LogP contribution in [0.4, 0.5) is 0 Å². The fourth-order valence-corrected chi connectivity index (χ4v) is 3.34. The molecule has 1 aliphatic rings. The molecule has 96 valence electrons. The van der Waals surface area contributed by atoms with Gasteiger partial charge in [-0.1, -0.05) is 0 Å². The van der Waals surface area contributed by atoms with Crippen molar-refractivity contribution in [1.82, 2.24) is 13.5 Å². The van der Waals surface area contributed by atoms with Gasteiger partial charge >= 0.3 is 10.2 Å². The van der Waals surface area contributed by atoms with Crippen LogP contribution in [0.25, 0.3) is 0 Å². The van der Waals surface area contributed by atoms with E-state index in [9.17, 15) is 8.42 Å². The maximum atomic E-state index is 12.3. The van der Waals surface area contributed by atoms with E-state index in [2.05, 4.69) is 5.10 Å². The Hall–Kier alpha value is -0.920. The van der Waals surface area contributed by atoms with E-state index in [-0.39, 0.29) is 0 Å². The van der Waals surface area contributed by atoms with Gasteiger partial charge in [0, 0.05) is 13.1 Å². The lowest BCUT2D eigenvalue weighted by molar-refractivity contribution is 0.0724. The predicted octanol–water partition coefficient (Wildman–Crippen LogP) is 0.233. The first-order valence-electron chi connectivity index (χ1n) is 5.56. The number of aryl methyl sites for hydroxylation is 1. The smallest absolute Gasteiger partial charge is 0.323 e. The summed E-state index contributed by atoms with van der Waals surface area (Å²) in [7, 11) is -3.54. The molecule has 0 spiro atoms. The van der Waals surface area contributed by atoms with Crippen molar-refractivity contribution in [3.05, 3.63) is 17.0 Å². The second-order valence-electron chi connectivity index (χ2n) is 4.16. The Kier molecular flexibility index (Phi) is 3.24. The molecule has 0 N–H and O–H groups in total. The molecule has 2 heterocycles. The molecule has 1 fully saturated rings.